The van der Waals surface area contributed by atoms with Gasteiger partial charge < -0.3 is 0 Å². The summed E-state index contributed by atoms with van der Waals surface area (Å²) >= 11 is 1.74. The second-order valence-electron chi connectivity index (χ2n) is 11.4. The van der Waals surface area contributed by atoms with E-state index in [1.807, 2.05) is 0 Å². The summed E-state index contributed by atoms with van der Waals surface area (Å²) < 4.78 is 3.55. The van der Waals surface area contributed by atoms with E-state index in [1.165, 1.54) is 48.6 Å². The van der Waals surface area contributed by atoms with Crippen molar-refractivity contribution in [3.05, 3.63) is 126 Å². The molecule has 0 fully saturated rings. The van der Waals surface area contributed by atoms with Crippen molar-refractivity contribution in [2.24, 2.45) is 0 Å². The van der Waals surface area contributed by atoms with Gasteiger partial charge in [0.2, 0.25) is 5.95 Å². The number of rotatable bonds is 2. The van der Waals surface area contributed by atoms with Crippen molar-refractivity contribution in [1.29, 1.82) is 0 Å². The summed E-state index contributed by atoms with van der Waals surface area (Å²) in [6.07, 6.45) is 0. The largest absolute Gasteiger partial charge is 0.278 e. The van der Waals surface area contributed by atoms with Gasteiger partial charge in [-0.15, -0.1) is 11.3 Å². The van der Waals surface area contributed by atoms with Crippen LogP contribution in [0.3, 0.4) is 0 Å². The molecular weight excluding hydrogens is 518 g/mol. The highest BCUT2D eigenvalue weighted by molar-refractivity contribution is 7.25. The molecule has 0 N–H and O–H groups in total. The van der Waals surface area contributed by atoms with E-state index >= 15 is 0 Å². The Morgan fingerprint density at radius 1 is 0.634 bits per heavy atom. The lowest BCUT2D eigenvalue weighted by molar-refractivity contribution is 0.663. The highest BCUT2D eigenvalue weighted by atomic mass is 32.1. The summed E-state index contributed by atoms with van der Waals surface area (Å²) in [4.78, 5) is 11.8. The molecule has 5 aromatic carbocycles. The van der Waals surface area contributed by atoms with E-state index in [-0.39, 0.29) is 5.41 Å². The van der Waals surface area contributed by atoms with Gasteiger partial charge in [0.25, 0.3) is 0 Å². The Kier molecular flexibility index (Phi) is 4.55. The smallest absolute Gasteiger partial charge is 0.236 e. The molecule has 3 aromatic heterocycles. The first-order valence-electron chi connectivity index (χ1n) is 14.0. The van der Waals surface area contributed by atoms with E-state index < -0.39 is 0 Å². The van der Waals surface area contributed by atoms with Gasteiger partial charge in [-0.25, -0.2) is 9.97 Å². The molecular formula is C37H25N3S. The lowest BCUT2D eigenvalue weighted by Crippen LogP contribution is -2.17. The second kappa shape index (κ2) is 8.12. The molecule has 4 heteroatoms. The molecule has 1 aliphatic carbocycles. The first-order chi connectivity index (χ1) is 20.1. The number of benzene rings is 5. The molecule has 0 spiro atoms. The summed E-state index contributed by atoms with van der Waals surface area (Å²) in [5, 5.41) is 4.79. The third-order valence-electron chi connectivity index (χ3n) is 8.83. The number of nitrogens with zero attached hydrogens (tertiary/aromatic N) is 3. The number of hydrogen-bond donors (Lipinski definition) is 0. The molecule has 0 saturated carbocycles. The third kappa shape index (κ3) is 3.03. The Bertz CT molecular complexity index is 2340. The number of thiophene rings is 1. The zero-order valence-corrected chi connectivity index (χ0v) is 23.5. The van der Waals surface area contributed by atoms with Crippen molar-refractivity contribution in [2.75, 3.05) is 0 Å². The Morgan fingerprint density at radius 3 is 2.24 bits per heavy atom. The van der Waals surface area contributed by atoms with Gasteiger partial charge in [-0.1, -0.05) is 117 Å². The molecule has 0 radical (unpaired) electrons. The molecule has 0 bridgehead atoms. The minimum atomic E-state index is -0.165. The number of aromatic nitrogens is 3. The van der Waals surface area contributed by atoms with Crippen LogP contribution in [0.25, 0.3) is 70.4 Å². The molecule has 0 atom stereocenters. The normalized spacial score (nSPS) is 13.8. The molecule has 0 saturated heterocycles. The van der Waals surface area contributed by atoms with Crippen LogP contribution in [-0.2, 0) is 5.41 Å². The summed E-state index contributed by atoms with van der Waals surface area (Å²) in [5.74, 6) is 0.717. The predicted octanol–water partition coefficient (Wildman–Crippen LogP) is 9.91. The van der Waals surface area contributed by atoms with Crippen molar-refractivity contribution in [3.8, 4) is 28.3 Å². The summed E-state index contributed by atoms with van der Waals surface area (Å²) in [6, 6.07) is 41.3. The van der Waals surface area contributed by atoms with Gasteiger partial charge in [0.05, 0.1) is 16.7 Å². The van der Waals surface area contributed by atoms with Crippen LogP contribution in [0.4, 0.5) is 0 Å². The van der Waals surface area contributed by atoms with Gasteiger partial charge in [-0.3, -0.25) is 4.57 Å². The fraction of sp³-hybridized carbons (Fsp3) is 0.0811. The van der Waals surface area contributed by atoms with E-state index in [1.54, 1.807) is 11.3 Å². The number of fused-ring (bicyclic) bond motifs is 10. The monoisotopic (exact) mass is 543 g/mol. The Labute approximate surface area is 241 Å². The van der Waals surface area contributed by atoms with Crippen molar-refractivity contribution < 1.29 is 0 Å². The van der Waals surface area contributed by atoms with Crippen LogP contribution in [0.5, 0.6) is 0 Å². The van der Waals surface area contributed by atoms with Crippen LogP contribution in [0.2, 0.25) is 0 Å². The SMILES string of the molecule is CC1(C)c2ccccc2-c2ccc3c4ccccc4n(-c4nc(-c5ccccc5)c5c(n4)sc4ccccc45)c3c21. The van der Waals surface area contributed by atoms with Crippen molar-refractivity contribution in [2.45, 2.75) is 19.3 Å². The topological polar surface area (TPSA) is 30.7 Å². The molecule has 1 aliphatic rings. The predicted molar refractivity (Wildman–Crippen MR) is 172 cm³/mol. The van der Waals surface area contributed by atoms with E-state index in [2.05, 4.69) is 134 Å². The van der Waals surface area contributed by atoms with Crippen molar-refractivity contribution in [3.63, 3.8) is 0 Å². The zero-order chi connectivity index (χ0) is 27.3. The summed E-state index contributed by atoms with van der Waals surface area (Å²) in [6.45, 7) is 4.70. The minimum absolute atomic E-state index is 0.165. The van der Waals surface area contributed by atoms with Crippen molar-refractivity contribution in [1.82, 2.24) is 14.5 Å². The van der Waals surface area contributed by atoms with Gasteiger partial charge in [0.1, 0.15) is 4.83 Å². The second-order valence-corrected chi connectivity index (χ2v) is 12.5. The van der Waals surface area contributed by atoms with Crippen LogP contribution in [0.1, 0.15) is 25.0 Å². The van der Waals surface area contributed by atoms with Crippen molar-refractivity contribution >= 4 is 53.4 Å². The highest BCUT2D eigenvalue weighted by Crippen LogP contribution is 2.53. The van der Waals surface area contributed by atoms with Gasteiger partial charge >= 0.3 is 0 Å². The number of hydrogen-bond acceptors (Lipinski definition) is 3. The molecule has 0 unspecified atom stereocenters. The lowest BCUT2D eigenvalue weighted by Gasteiger charge is -2.23. The molecule has 41 heavy (non-hydrogen) atoms. The lowest BCUT2D eigenvalue weighted by atomic mass is 9.81. The van der Waals surface area contributed by atoms with Gasteiger partial charge in [0, 0.05) is 37.2 Å². The van der Waals surface area contributed by atoms with Gasteiger partial charge in [0.15, 0.2) is 0 Å². The van der Waals surface area contributed by atoms with Crippen LogP contribution >= 0.6 is 11.3 Å². The van der Waals surface area contributed by atoms with Crippen LogP contribution in [-0.4, -0.2) is 14.5 Å². The minimum Gasteiger partial charge on any atom is -0.278 e. The molecule has 194 valence electrons. The quantitative estimate of drug-likeness (QED) is 0.217. The first-order valence-corrected chi connectivity index (χ1v) is 14.8. The van der Waals surface area contributed by atoms with Gasteiger partial charge in [-0.05, 0) is 34.4 Å². The molecule has 9 rings (SSSR count). The highest BCUT2D eigenvalue weighted by Gasteiger charge is 2.38. The van der Waals surface area contributed by atoms with E-state index in [4.69, 9.17) is 9.97 Å². The summed E-state index contributed by atoms with van der Waals surface area (Å²) in [7, 11) is 0. The van der Waals surface area contributed by atoms with E-state index in [0.29, 0.717) is 5.95 Å². The van der Waals surface area contributed by atoms with Crippen LogP contribution in [0.15, 0.2) is 115 Å². The zero-order valence-electron chi connectivity index (χ0n) is 22.7. The molecule has 3 nitrogen and oxygen atoms in total. The van der Waals surface area contributed by atoms with E-state index in [0.717, 1.165) is 27.0 Å². The third-order valence-corrected chi connectivity index (χ3v) is 9.89. The van der Waals surface area contributed by atoms with Crippen LogP contribution in [0, 0.1) is 0 Å². The van der Waals surface area contributed by atoms with E-state index in [9.17, 15) is 0 Å². The van der Waals surface area contributed by atoms with Gasteiger partial charge in [-0.2, -0.15) is 0 Å². The average Bonchev–Trinajstić information content (AvgIpc) is 3.63. The Hall–Kier alpha value is -4.80. The maximum atomic E-state index is 5.42. The molecule has 0 aliphatic heterocycles. The van der Waals surface area contributed by atoms with Crippen LogP contribution < -0.4 is 0 Å². The summed E-state index contributed by atoms with van der Waals surface area (Å²) in [5.41, 5.74) is 9.56. The molecule has 3 heterocycles. The Morgan fingerprint density at radius 2 is 1.37 bits per heavy atom. The standard InChI is InChI=1S/C37H25N3S/c1-37(2)28-17-9-6-14-23(28)25-20-21-26-24-15-7-10-18-29(24)40(34(26)32(25)37)36-38-33(22-12-4-3-5-13-22)31-27-16-8-11-19-30(27)41-35(31)39-36/h3-21H,1-2H3. The molecule has 0 amide bonds. The fourth-order valence-corrected chi connectivity index (χ4v) is 8.11. The maximum absolute atomic E-state index is 5.42. The molecule has 8 aromatic rings. The first kappa shape index (κ1) is 23.0. The average molecular weight is 544 g/mol. The Balaban J connectivity index is 1.46. The maximum Gasteiger partial charge on any atom is 0.236 e. The number of para-hydroxylation sites is 1. The fourth-order valence-electron chi connectivity index (χ4n) is 7.04.